The Hall–Kier alpha value is -2.37. The van der Waals surface area contributed by atoms with Gasteiger partial charge in [0.25, 0.3) is 0 Å². The van der Waals surface area contributed by atoms with Gasteiger partial charge in [0.2, 0.25) is 0 Å². The number of carboxylic acids is 1. The van der Waals surface area contributed by atoms with E-state index in [9.17, 15) is 14.0 Å². The van der Waals surface area contributed by atoms with Crippen LogP contribution >= 0.6 is 0 Å². The van der Waals surface area contributed by atoms with Crippen molar-refractivity contribution in [1.29, 1.82) is 0 Å². The predicted molar refractivity (Wildman–Crippen MR) is 63.3 cm³/mol. The molecule has 1 rings (SSSR count). The number of hydrogen-bond donors (Lipinski definition) is 2. The second-order valence-corrected chi connectivity index (χ2v) is 3.46. The van der Waals surface area contributed by atoms with Crippen LogP contribution in [0, 0.1) is 12.7 Å². The quantitative estimate of drug-likeness (QED) is 0.808. The molecule has 0 spiro atoms. The summed E-state index contributed by atoms with van der Waals surface area (Å²) < 4.78 is 17.9. The fourth-order valence-electron chi connectivity index (χ4n) is 1.24. The van der Waals surface area contributed by atoms with E-state index >= 15 is 0 Å². The molecule has 0 atom stereocenters. The standard InChI is InChI=1S/C12H12FNO4/c1-3-4-18-12(17)14-10-5-7(2)9(13)6-8(10)11(15)16/h3,5-6H,1,4H2,2H3,(H,14,17)(H,15,16). The van der Waals surface area contributed by atoms with E-state index in [-0.39, 0.29) is 23.4 Å². The maximum atomic E-state index is 13.2. The predicted octanol–water partition coefficient (Wildman–Crippen LogP) is 2.57. The van der Waals surface area contributed by atoms with Crippen LogP contribution in [0.15, 0.2) is 24.8 Å². The molecular formula is C12H12FNO4. The highest BCUT2D eigenvalue weighted by molar-refractivity contribution is 5.98. The summed E-state index contributed by atoms with van der Waals surface area (Å²) in [6.45, 7) is 4.82. The number of carbonyl (C=O) groups excluding carboxylic acids is 1. The topological polar surface area (TPSA) is 75.6 Å². The first-order chi connectivity index (χ1) is 8.45. The summed E-state index contributed by atoms with van der Waals surface area (Å²) in [5.74, 6) is -2.00. The molecular weight excluding hydrogens is 241 g/mol. The number of aryl methyl sites for hydroxylation is 1. The number of amides is 1. The zero-order valence-corrected chi connectivity index (χ0v) is 9.70. The Morgan fingerprint density at radius 3 is 2.78 bits per heavy atom. The summed E-state index contributed by atoms with van der Waals surface area (Å²) in [5, 5.41) is 11.1. The van der Waals surface area contributed by atoms with Crippen LogP contribution in [-0.2, 0) is 4.74 Å². The highest BCUT2D eigenvalue weighted by Gasteiger charge is 2.15. The molecule has 0 unspecified atom stereocenters. The molecule has 0 saturated carbocycles. The lowest BCUT2D eigenvalue weighted by Crippen LogP contribution is -2.16. The molecule has 96 valence electrons. The number of halogens is 1. The molecule has 2 N–H and O–H groups in total. The molecule has 5 nitrogen and oxygen atoms in total. The smallest absolute Gasteiger partial charge is 0.411 e. The van der Waals surface area contributed by atoms with Crippen LogP contribution in [0.2, 0.25) is 0 Å². The minimum atomic E-state index is -1.34. The van der Waals surface area contributed by atoms with Crippen molar-refractivity contribution < 1.29 is 23.8 Å². The lowest BCUT2D eigenvalue weighted by atomic mass is 10.1. The summed E-state index contributed by atoms with van der Waals surface area (Å²) in [5.41, 5.74) is -0.136. The summed E-state index contributed by atoms with van der Waals surface area (Å²) in [6.07, 6.45) is 0.538. The van der Waals surface area contributed by atoms with E-state index in [0.717, 1.165) is 6.07 Å². The van der Waals surface area contributed by atoms with Crippen LogP contribution in [0.5, 0.6) is 0 Å². The normalized spacial score (nSPS) is 9.67. The molecule has 1 aromatic rings. The zero-order valence-electron chi connectivity index (χ0n) is 9.70. The highest BCUT2D eigenvalue weighted by atomic mass is 19.1. The van der Waals surface area contributed by atoms with Gasteiger partial charge in [0.15, 0.2) is 0 Å². The summed E-state index contributed by atoms with van der Waals surface area (Å²) in [4.78, 5) is 22.2. The Morgan fingerprint density at radius 1 is 1.56 bits per heavy atom. The third kappa shape index (κ3) is 3.31. The van der Waals surface area contributed by atoms with Crippen molar-refractivity contribution in [3.63, 3.8) is 0 Å². The monoisotopic (exact) mass is 253 g/mol. The fourth-order valence-corrected chi connectivity index (χ4v) is 1.24. The van der Waals surface area contributed by atoms with Crippen molar-refractivity contribution in [1.82, 2.24) is 0 Å². The van der Waals surface area contributed by atoms with Crippen molar-refractivity contribution >= 4 is 17.7 Å². The minimum Gasteiger partial charge on any atom is -0.478 e. The van der Waals surface area contributed by atoms with Gasteiger partial charge in [0.1, 0.15) is 12.4 Å². The van der Waals surface area contributed by atoms with E-state index < -0.39 is 17.9 Å². The number of carboxylic acid groups (broad SMARTS) is 1. The number of anilines is 1. The molecule has 0 aliphatic heterocycles. The van der Waals surface area contributed by atoms with E-state index in [1.807, 2.05) is 0 Å². The molecule has 0 radical (unpaired) electrons. The number of hydrogen-bond acceptors (Lipinski definition) is 3. The Balaban J connectivity index is 3.00. The first-order valence-electron chi connectivity index (χ1n) is 5.03. The molecule has 0 saturated heterocycles. The van der Waals surface area contributed by atoms with Crippen LogP contribution in [0.1, 0.15) is 15.9 Å². The van der Waals surface area contributed by atoms with Gasteiger partial charge in [-0.05, 0) is 24.6 Å². The number of rotatable bonds is 4. The molecule has 1 amide bonds. The summed E-state index contributed by atoms with van der Waals surface area (Å²) in [7, 11) is 0. The average molecular weight is 253 g/mol. The second kappa shape index (κ2) is 5.81. The second-order valence-electron chi connectivity index (χ2n) is 3.46. The van der Waals surface area contributed by atoms with Gasteiger partial charge in [0, 0.05) is 0 Å². The van der Waals surface area contributed by atoms with Gasteiger partial charge in [0.05, 0.1) is 11.3 Å². The number of nitrogens with one attached hydrogen (secondary N) is 1. The zero-order chi connectivity index (χ0) is 13.7. The van der Waals surface area contributed by atoms with E-state index in [1.54, 1.807) is 0 Å². The van der Waals surface area contributed by atoms with Crippen LogP contribution in [0.4, 0.5) is 14.9 Å². The number of carbonyl (C=O) groups is 2. The van der Waals surface area contributed by atoms with Crippen LogP contribution in [-0.4, -0.2) is 23.8 Å². The summed E-state index contributed by atoms with van der Waals surface area (Å²) in [6, 6.07) is 2.08. The van der Waals surface area contributed by atoms with Crippen LogP contribution in [0.25, 0.3) is 0 Å². The van der Waals surface area contributed by atoms with Gasteiger partial charge < -0.3 is 9.84 Å². The largest absolute Gasteiger partial charge is 0.478 e. The molecule has 0 aromatic heterocycles. The third-order valence-electron chi connectivity index (χ3n) is 2.10. The van der Waals surface area contributed by atoms with Gasteiger partial charge in [-0.1, -0.05) is 12.7 Å². The van der Waals surface area contributed by atoms with Crippen LogP contribution in [0.3, 0.4) is 0 Å². The van der Waals surface area contributed by atoms with Crippen molar-refractivity contribution in [2.45, 2.75) is 6.92 Å². The fraction of sp³-hybridized carbons (Fsp3) is 0.167. The number of ether oxygens (including phenoxy) is 1. The first-order valence-corrected chi connectivity index (χ1v) is 5.03. The molecule has 0 heterocycles. The van der Waals surface area contributed by atoms with E-state index in [4.69, 9.17) is 5.11 Å². The van der Waals surface area contributed by atoms with E-state index in [0.29, 0.717) is 0 Å². The van der Waals surface area contributed by atoms with E-state index in [1.165, 1.54) is 19.1 Å². The summed E-state index contributed by atoms with van der Waals surface area (Å²) >= 11 is 0. The molecule has 0 bridgehead atoms. The molecule has 6 heteroatoms. The van der Waals surface area contributed by atoms with Gasteiger partial charge in [-0.15, -0.1) is 0 Å². The van der Waals surface area contributed by atoms with Crippen molar-refractivity contribution in [2.75, 3.05) is 11.9 Å². The Labute approximate surface area is 103 Å². The number of benzene rings is 1. The SMILES string of the molecule is C=CCOC(=O)Nc1cc(C)c(F)cc1C(=O)O. The lowest BCUT2D eigenvalue weighted by Gasteiger charge is -2.10. The molecule has 1 aromatic carbocycles. The Kier molecular flexibility index (Phi) is 4.42. The lowest BCUT2D eigenvalue weighted by molar-refractivity contribution is 0.0697. The third-order valence-corrected chi connectivity index (χ3v) is 2.10. The molecule has 0 aliphatic carbocycles. The average Bonchev–Trinajstić information content (AvgIpc) is 2.30. The minimum absolute atomic E-state index is 0.00554. The van der Waals surface area contributed by atoms with Gasteiger partial charge >= 0.3 is 12.1 Å². The highest BCUT2D eigenvalue weighted by Crippen LogP contribution is 2.20. The van der Waals surface area contributed by atoms with Crippen LogP contribution < -0.4 is 5.32 Å². The number of aromatic carboxylic acids is 1. The molecule has 0 aliphatic rings. The maximum Gasteiger partial charge on any atom is 0.411 e. The van der Waals surface area contributed by atoms with Crippen molar-refractivity contribution in [3.8, 4) is 0 Å². The molecule has 18 heavy (non-hydrogen) atoms. The van der Waals surface area contributed by atoms with Gasteiger partial charge in [-0.25, -0.2) is 14.0 Å². The Morgan fingerprint density at radius 2 is 2.22 bits per heavy atom. The van der Waals surface area contributed by atoms with Crippen molar-refractivity contribution in [2.24, 2.45) is 0 Å². The first kappa shape index (κ1) is 13.7. The molecule has 0 fully saturated rings. The van der Waals surface area contributed by atoms with Gasteiger partial charge in [-0.2, -0.15) is 0 Å². The van der Waals surface area contributed by atoms with Gasteiger partial charge in [-0.3, -0.25) is 5.32 Å². The maximum absolute atomic E-state index is 13.2. The Bertz CT molecular complexity index is 499. The van der Waals surface area contributed by atoms with E-state index in [2.05, 4.69) is 16.6 Å². The van der Waals surface area contributed by atoms with Crippen molar-refractivity contribution in [3.05, 3.63) is 41.7 Å².